The number of hydrogen-bond donors (Lipinski definition) is 0. The van der Waals surface area contributed by atoms with E-state index in [0.717, 1.165) is 22.9 Å². The third-order valence-electron chi connectivity index (χ3n) is 5.44. The van der Waals surface area contributed by atoms with Gasteiger partial charge in [0.05, 0.1) is 22.5 Å². The summed E-state index contributed by atoms with van der Waals surface area (Å²) in [6, 6.07) is 18.7. The van der Waals surface area contributed by atoms with Crippen LogP contribution in [0, 0.1) is 6.92 Å². The summed E-state index contributed by atoms with van der Waals surface area (Å²) < 4.78 is 18.2. The third kappa shape index (κ3) is 6.89. The second-order valence-corrected chi connectivity index (χ2v) is 10.4. The molecule has 3 aromatic carbocycles. The van der Waals surface area contributed by atoms with E-state index in [0.29, 0.717) is 43.8 Å². The highest BCUT2D eigenvalue weighted by Gasteiger charge is 2.35. The van der Waals surface area contributed by atoms with E-state index in [1.165, 1.54) is 4.90 Å². The van der Waals surface area contributed by atoms with Crippen molar-refractivity contribution in [2.75, 3.05) is 19.8 Å². The zero-order valence-corrected chi connectivity index (χ0v) is 23.5. The molecule has 0 atom stereocenters. The molecule has 0 aliphatic carbocycles. The van der Waals surface area contributed by atoms with Gasteiger partial charge in [-0.3, -0.25) is 14.5 Å². The van der Waals surface area contributed by atoms with E-state index < -0.39 is 0 Å². The van der Waals surface area contributed by atoms with Crippen molar-refractivity contribution in [3.63, 3.8) is 0 Å². The first-order chi connectivity index (χ1) is 17.9. The van der Waals surface area contributed by atoms with Gasteiger partial charge in [-0.25, -0.2) is 0 Å². The van der Waals surface area contributed by atoms with Gasteiger partial charge in [0.1, 0.15) is 19.0 Å². The highest BCUT2D eigenvalue weighted by molar-refractivity contribution is 9.10. The number of rotatable bonds is 10. The Morgan fingerprint density at radius 2 is 1.78 bits per heavy atom. The minimum atomic E-state index is -0.351. The first-order valence-electron chi connectivity index (χ1n) is 11.6. The quantitative estimate of drug-likeness (QED) is 0.224. The molecule has 9 heteroatoms. The summed E-state index contributed by atoms with van der Waals surface area (Å²) in [6.45, 7) is 4.94. The van der Waals surface area contributed by atoms with E-state index in [4.69, 9.17) is 25.8 Å². The number of benzene rings is 3. The van der Waals surface area contributed by atoms with Gasteiger partial charge in [0.15, 0.2) is 11.5 Å². The summed E-state index contributed by atoms with van der Waals surface area (Å²) in [7, 11) is 0. The maximum absolute atomic E-state index is 12.9. The van der Waals surface area contributed by atoms with Crippen LogP contribution in [0.1, 0.15) is 23.6 Å². The SMILES string of the molecule is CCOc1cc(/C=C2\SC(=O)N(CCOc3ccc(C)cc3)C2=O)cc(Br)c1OCc1ccccc1Cl. The molecule has 0 N–H and O–H groups in total. The normalized spacial score (nSPS) is 14.4. The highest BCUT2D eigenvalue weighted by Crippen LogP contribution is 2.40. The molecule has 1 aliphatic heterocycles. The largest absolute Gasteiger partial charge is 0.492 e. The second-order valence-electron chi connectivity index (χ2n) is 8.14. The summed E-state index contributed by atoms with van der Waals surface area (Å²) in [5.74, 6) is 1.38. The Labute approximate surface area is 233 Å². The first-order valence-corrected chi connectivity index (χ1v) is 13.6. The highest BCUT2D eigenvalue weighted by atomic mass is 79.9. The van der Waals surface area contributed by atoms with Crippen molar-refractivity contribution in [1.82, 2.24) is 4.90 Å². The van der Waals surface area contributed by atoms with Crippen molar-refractivity contribution in [3.05, 3.63) is 91.8 Å². The maximum Gasteiger partial charge on any atom is 0.293 e. The van der Waals surface area contributed by atoms with Crippen LogP contribution in [0.15, 0.2) is 70.0 Å². The topological polar surface area (TPSA) is 65.1 Å². The third-order valence-corrected chi connectivity index (χ3v) is 7.30. The van der Waals surface area contributed by atoms with E-state index in [1.807, 2.05) is 68.4 Å². The number of amides is 2. The molecule has 0 aromatic heterocycles. The molecule has 37 heavy (non-hydrogen) atoms. The molecule has 1 heterocycles. The molecule has 0 unspecified atom stereocenters. The molecule has 0 spiro atoms. The molecule has 1 fully saturated rings. The van der Waals surface area contributed by atoms with Gasteiger partial charge >= 0.3 is 0 Å². The summed E-state index contributed by atoms with van der Waals surface area (Å²) >= 11 is 10.7. The van der Waals surface area contributed by atoms with Crippen molar-refractivity contribution in [2.24, 2.45) is 0 Å². The standard InChI is InChI=1S/C28H25BrClNO5S/c1-3-34-24-15-19(14-22(29)26(24)36-17-20-6-4-5-7-23(20)30)16-25-27(32)31(28(33)37-25)12-13-35-21-10-8-18(2)9-11-21/h4-11,14-16H,3,12-13,17H2,1-2H3/b25-16-. The van der Waals surface area contributed by atoms with E-state index in [9.17, 15) is 9.59 Å². The molecule has 3 aromatic rings. The van der Waals surface area contributed by atoms with E-state index in [2.05, 4.69) is 15.9 Å². The van der Waals surface area contributed by atoms with Crippen molar-refractivity contribution in [1.29, 1.82) is 0 Å². The Morgan fingerprint density at radius 3 is 2.51 bits per heavy atom. The fraction of sp³-hybridized carbons (Fsp3) is 0.214. The fourth-order valence-corrected chi connectivity index (χ4v) is 5.20. The number of nitrogens with zero attached hydrogens (tertiary/aromatic N) is 1. The number of thioether (sulfide) groups is 1. The predicted octanol–water partition coefficient (Wildman–Crippen LogP) is 7.50. The van der Waals surface area contributed by atoms with Crippen LogP contribution >= 0.6 is 39.3 Å². The molecule has 0 radical (unpaired) electrons. The van der Waals surface area contributed by atoms with Gasteiger partial charge in [-0.2, -0.15) is 0 Å². The lowest BCUT2D eigenvalue weighted by Gasteiger charge is -2.15. The Hall–Kier alpha value is -2.94. The maximum atomic E-state index is 12.9. The van der Waals surface area contributed by atoms with Crippen molar-refractivity contribution in [2.45, 2.75) is 20.5 Å². The fourth-order valence-electron chi connectivity index (χ4n) is 3.57. The van der Waals surface area contributed by atoms with Gasteiger partial charge in [-0.05, 0) is 83.5 Å². The Kier molecular flexibility index (Phi) is 9.18. The number of halogens is 2. The van der Waals surface area contributed by atoms with Crippen LogP contribution in [0.5, 0.6) is 17.2 Å². The zero-order valence-electron chi connectivity index (χ0n) is 20.3. The van der Waals surface area contributed by atoms with Crippen LogP contribution in [0.3, 0.4) is 0 Å². The first kappa shape index (κ1) is 27.1. The molecular weight excluding hydrogens is 578 g/mol. The van der Waals surface area contributed by atoms with Crippen LogP contribution in [0.4, 0.5) is 4.79 Å². The van der Waals surface area contributed by atoms with Crippen molar-refractivity contribution in [3.8, 4) is 17.2 Å². The van der Waals surface area contributed by atoms with Crippen molar-refractivity contribution >= 4 is 56.5 Å². The van der Waals surface area contributed by atoms with Crippen LogP contribution in [-0.4, -0.2) is 35.8 Å². The molecule has 2 amide bonds. The Balaban J connectivity index is 1.46. The van der Waals surface area contributed by atoms with Crippen LogP contribution < -0.4 is 14.2 Å². The Bertz CT molecular complexity index is 1330. The zero-order chi connectivity index (χ0) is 26.4. The number of aryl methyl sites for hydroxylation is 1. The molecule has 1 aliphatic rings. The smallest absolute Gasteiger partial charge is 0.293 e. The van der Waals surface area contributed by atoms with Crippen LogP contribution in [0.2, 0.25) is 5.02 Å². The molecule has 0 saturated carbocycles. The molecule has 6 nitrogen and oxygen atoms in total. The minimum Gasteiger partial charge on any atom is -0.492 e. The van der Waals surface area contributed by atoms with E-state index in [-0.39, 0.29) is 30.9 Å². The van der Waals surface area contributed by atoms with E-state index >= 15 is 0 Å². The van der Waals surface area contributed by atoms with Crippen molar-refractivity contribution < 1.29 is 23.8 Å². The lowest BCUT2D eigenvalue weighted by Crippen LogP contribution is -2.32. The number of hydrogen-bond acceptors (Lipinski definition) is 6. The van der Waals surface area contributed by atoms with Gasteiger partial charge < -0.3 is 14.2 Å². The molecule has 0 bridgehead atoms. The van der Waals surface area contributed by atoms with Gasteiger partial charge in [0, 0.05) is 10.6 Å². The Morgan fingerprint density at radius 1 is 1.03 bits per heavy atom. The average Bonchev–Trinajstić information content (AvgIpc) is 3.13. The van der Waals surface area contributed by atoms with Gasteiger partial charge in [-0.1, -0.05) is 47.5 Å². The van der Waals surface area contributed by atoms with E-state index in [1.54, 1.807) is 12.1 Å². The molecular formula is C28H25BrClNO5S. The number of imide groups is 1. The van der Waals surface area contributed by atoms with Crippen LogP contribution in [0.25, 0.3) is 6.08 Å². The predicted molar refractivity (Wildman–Crippen MR) is 150 cm³/mol. The second kappa shape index (κ2) is 12.5. The molecule has 1 saturated heterocycles. The summed E-state index contributed by atoms with van der Waals surface area (Å²) in [5.41, 5.74) is 2.67. The minimum absolute atomic E-state index is 0.165. The lowest BCUT2D eigenvalue weighted by atomic mass is 10.1. The average molecular weight is 603 g/mol. The van der Waals surface area contributed by atoms with Crippen LogP contribution in [-0.2, 0) is 11.4 Å². The van der Waals surface area contributed by atoms with Gasteiger partial charge in [0.25, 0.3) is 11.1 Å². The number of carbonyl (C=O) groups excluding carboxylic acids is 2. The number of ether oxygens (including phenoxy) is 3. The van der Waals surface area contributed by atoms with Gasteiger partial charge in [-0.15, -0.1) is 0 Å². The molecule has 192 valence electrons. The lowest BCUT2D eigenvalue weighted by molar-refractivity contribution is -0.123. The molecule has 4 rings (SSSR count). The summed E-state index contributed by atoms with van der Waals surface area (Å²) in [5, 5.41) is 0.292. The summed E-state index contributed by atoms with van der Waals surface area (Å²) in [4.78, 5) is 27.0. The number of carbonyl (C=O) groups is 2. The van der Waals surface area contributed by atoms with Gasteiger partial charge in [0.2, 0.25) is 0 Å². The monoisotopic (exact) mass is 601 g/mol. The summed E-state index contributed by atoms with van der Waals surface area (Å²) in [6.07, 6.45) is 1.68.